The van der Waals surface area contributed by atoms with E-state index < -0.39 is 12.1 Å². The summed E-state index contributed by atoms with van der Waals surface area (Å²) in [5.74, 6) is 0.827. The number of aromatic nitrogens is 2. The zero-order valence-corrected chi connectivity index (χ0v) is 14.7. The molecule has 1 aliphatic heterocycles. The number of carbonyl (C=O) groups is 1. The molecule has 9 heteroatoms. The Bertz CT molecular complexity index is 903. The lowest BCUT2D eigenvalue weighted by Gasteiger charge is -2.28. The minimum atomic E-state index is -4.83. The van der Waals surface area contributed by atoms with E-state index in [1.165, 1.54) is 19.1 Å². The second kappa shape index (κ2) is 6.17. The van der Waals surface area contributed by atoms with Gasteiger partial charge in [0, 0.05) is 31.5 Å². The number of benzene rings is 1. The van der Waals surface area contributed by atoms with Crippen LogP contribution in [0.25, 0.3) is 11.3 Å². The van der Waals surface area contributed by atoms with Crippen LogP contribution in [0.2, 0.25) is 0 Å². The van der Waals surface area contributed by atoms with Crippen molar-refractivity contribution in [2.45, 2.75) is 45.1 Å². The maximum absolute atomic E-state index is 12.6. The fraction of sp³-hybridized carbons (Fsp3) is 0.444. The fourth-order valence-electron chi connectivity index (χ4n) is 3.44. The van der Waals surface area contributed by atoms with E-state index >= 15 is 0 Å². The van der Waals surface area contributed by atoms with E-state index in [0.717, 1.165) is 24.4 Å². The van der Waals surface area contributed by atoms with Gasteiger partial charge >= 0.3 is 6.36 Å². The van der Waals surface area contributed by atoms with Crippen LogP contribution in [0.3, 0.4) is 0 Å². The number of anilines is 1. The molecule has 0 atom stereocenters. The summed E-state index contributed by atoms with van der Waals surface area (Å²) < 4.78 is 44.1. The SMILES string of the molecule is CC(=O)N1CCn2c(C3CC3)nc(-c3ccc(N)c(OC(F)(F)F)c3)c2C1. The number of nitrogen functional groups attached to an aromatic ring is 1. The Balaban J connectivity index is 1.78. The van der Waals surface area contributed by atoms with Crippen LogP contribution in [0.4, 0.5) is 18.9 Å². The number of nitrogens with zero attached hydrogens (tertiary/aromatic N) is 3. The van der Waals surface area contributed by atoms with Crippen molar-refractivity contribution in [1.29, 1.82) is 0 Å². The van der Waals surface area contributed by atoms with Gasteiger partial charge < -0.3 is 19.9 Å². The van der Waals surface area contributed by atoms with Crippen LogP contribution in [0.1, 0.15) is 37.2 Å². The Hall–Kier alpha value is -2.71. The van der Waals surface area contributed by atoms with Crippen molar-refractivity contribution in [3.8, 4) is 17.0 Å². The van der Waals surface area contributed by atoms with Gasteiger partial charge in [-0.3, -0.25) is 4.79 Å². The predicted molar refractivity (Wildman–Crippen MR) is 91.8 cm³/mol. The summed E-state index contributed by atoms with van der Waals surface area (Å²) in [6.45, 7) is 3.12. The van der Waals surface area contributed by atoms with Crippen LogP contribution < -0.4 is 10.5 Å². The van der Waals surface area contributed by atoms with E-state index in [0.29, 0.717) is 36.8 Å². The number of fused-ring (bicyclic) bond motifs is 1. The molecule has 144 valence electrons. The molecule has 2 aliphatic rings. The molecule has 1 aromatic carbocycles. The Morgan fingerprint density at radius 1 is 1.30 bits per heavy atom. The average molecular weight is 380 g/mol. The van der Waals surface area contributed by atoms with E-state index in [1.54, 1.807) is 11.0 Å². The molecule has 2 N–H and O–H groups in total. The van der Waals surface area contributed by atoms with E-state index in [9.17, 15) is 18.0 Å². The Labute approximate surface area is 153 Å². The number of hydrogen-bond acceptors (Lipinski definition) is 4. The number of nitrogens with two attached hydrogens (primary N) is 1. The lowest BCUT2D eigenvalue weighted by atomic mass is 10.1. The highest BCUT2D eigenvalue weighted by atomic mass is 19.4. The Morgan fingerprint density at radius 2 is 2.04 bits per heavy atom. The highest BCUT2D eigenvalue weighted by molar-refractivity contribution is 5.74. The molecule has 1 aromatic heterocycles. The molecule has 2 aromatic rings. The van der Waals surface area contributed by atoms with Crippen LogP contribution in [-0.4, -0.2) is 33.3 Å². The first-order chi connectivity index (χ1) is 12.7. The Kier molecular flexibility index (Phi) is 4.05. The number of ether oxygens (including phenoxy) is 1. The van der Waals surface area contributed by atoms with Gasteiger partial charge in [0.15, 0.2) is 5.75 Å². The van der Waals surface area contributed by atoms with Crippen LogP contribution in [0.5, 0.6) is 5.75 Å². The predicted octanol–water partition coefficient (Wildman–Crippen LogP) is 3.27. The topological polar surface area (TPSA) is 73.4 Å². The van der Waals surface area contributed by atoms with E-state index in [1.807, 2.05) is 0 Å². The third-order valence-corrected chi connectivity index (χ3v) is 4.94. The first-order valence-corrected chi connectivity index (χ1v) is 8.73. The summed E-state index contributed by atoms with van der Waals surface area (Å²) in [5, 5.41) is 0. The quantitative estimate of drug-likeness (QED) is 0.830. The van der Waals surface area contributed by atoms with Gasteiger partial charge in [0.25, 0.3) is 0 Å². The van der Waals surface area contributed by atoms with Crippen molar-refractivity contribution in [3.05, 3.63) is 29.7 Å². The van der Waals surface area contributed by atoms with Crippen molar-refractivity contribution in [2.24, 2.45) is 0 Å². The molecule has 0 saturated heterocycles. The zero-order chi connectivity index (χ0) is 19.3. The summed E-state index contributed by atoms with van der Waals surface area (Å²) in [6, 6.07) is 4.27. The van der Waals surface area contributed by atoms with Gasteiger partial charge in [-0.25, -0.2) is 4.98 Å². The molecule has 0 bridgehead atoms. The molecular formula is C18H19F3N4O2. The average Bonchev–Trinajstić information content (AvgIpc) is 3.36. The van der Waals surface area contributed by atoms with Gasteiger partial charge in [0.1, 0.15) is 5.82 Å². The van der Waals surface area contributed by atoms with Crippen LogP contribution in [-0.2, 0) is 17.9 Å². The second-order valence-electron chi connectivity index (χ2n) is 6.93. The molecule has 2 heterocycles. The molecule has 0 unspecified atom stereocenters. The normalized spacial score (nSPS) is 17.0. The number of amides is 1. The molecule has 1 saturated carbocycles. The molecule has 1 amide bonds. The number of hydrogen-bond donors (Lipinski definition) is 1. The van der Waals surface area contributed by atoms with Gasteiger partial charge in [0.05, 0.1) is 23.6 Å². The number of imidazole rings is 1. The molecule has 4 rings (SSSR count). The molecule has 1 aliphatic carbocycles. The molecule has 6 nitrogen and oxygen atoms in total. The van der Waals surface area contributed by atoms with E-state index in [2.05, 4.69) is 9.30 Å². The lowest BCUT2D eigenvalue weighted by Crippen LogP contribution is -2.37. The van der Waals surface area contributed by atoms with Crippen molar-refractivity contribution < 1.29 is 22.7 Å². The van der Waals surface area contributed by atoms with Crippen LogP contribution in [0.15, 0.2) is 18.2 Å². The second-order valence-corrected chi connectivity index (χ2v) is 6.93. The lowest BCUT2D eigenvalue weighted by molar-refractivity contribution is -0.274. The maximum Gasteiger partial charge on any atom is 0.573 e. The summed E-state index contributed by atoms with van der Waals surface area (Å²) in [5.41, 5.74) is 7.44. The zero-order valence-electron chi connectivity index (χ0n) is 14.7. The highest BCUT2D eigenvalue weighted by Gasteiger charge is 2.35. The van der Waals surface area contributed by atoms with Crippen LogP contribution in [0, 0.1) is 0 Å². The van der Waals surface area contributed by atoms with Gasteiger partial charge in [-0.1, -0.05) is 6.07 Å². The number of rotatable bonds is 3. The van der Waals surface area contributed by atoms with Gasteiger partial charge in [0.2, 0.25) is 5.91 Å². The minimum absolute atomic E-state index is 0.0419. The molecule has 0 spiro atoms. The molecular weight excluding hydrogens is 361 g/mol. The van der Waals surface area contributed by atoms with Crippen molar-refractivity contribution in [1.82, 2.24) is 14.5 Å². The van der Waals surface area contributed by atoms with Crippen molar-refractivity contribution in [2.75, 3.05) is 12.3 Å². The molecule has 27 heavy (non-hydrogen) atoms. The molecule has 0 radical (unpaired) electrons. The van der Waals surface area contributed by atoms with Gasteiger partial charge in [-0.05, 0) is 25.0 Å². The summed E-state index contributed by atoms with van der Waals surface area (Å²) >= 11 is 0. The van der Waals surface area contributed by atoms with Crippen molar-refractivity contribution in [3.63, 3.8) is 0 Å². The monoisotopic (exact) mass is 380 g/mol. The third kappa shape index (κ3) is 3.45. The minimum Gasteiger partial charge on any atom is -0.404 e. The fourth-order valence-corrected chi connectivity index (χ4v) is 3.44. The van der Waals surface area contributed by atoms with E-state index in [-0.39, 0.29) is 11.6 Å². The van der Waals surface area contributed by atoms with Gasteiger partial charge in [-0.15, -0.1) is 13.2 Å². The number of halogens is 3. The standard InChI is InChI=1S/C18H19F3N4O2/c1-10(26)24-6-7-25-14(9-24)16(23-17(25)11-2-3-11)12-4-5-13(22)15(8-12)27-18(19,20)21/h4-5,8,11H,2-3,6-7,9,22H2,1H3. The smallest absolute Gasteiger partial charge is 0.404 e. The first kappa shape index (κ1) is 17.7. The van der Waals surface area contributed by atoms with Crippen LogP contribution >= 0.6 is 0 Å². The first-order valence-electron chi connectivity index (χ1n) is 8.73. The largest absolute Gasteiger partial charge is 0.573 e. The number of carbonyl (C=O) groups excluding carboxylic acids is 1. The maximum atomic E-state index is 12.6. The Morgan fingerprint density at radius 3 is 2.67 bits per heavy atom. The van der Waals surface area contributed by atoms with Crippen molar-refractivity contribution >= 4 is 11.6 Å². The summed E-state index contributed by atoms with van der Waals surface area (Å²) in [4.78, 5) is 18.2. The van der Waals surface area contributed by atoms with Gasteiger partial charge in [-0.2, -0.15) is 0 Å². The highest BCUT2D eigenvalue weighted by Crippen LogP contribution is 2.43. The molecule has 1 fully saturated rings. The van der Waals surface area contributed by atoms with E-state index in [4.69, 9.17) is 10.7 Å². The third-order valence-electron chi connectivity index (χ3n) is 4.94. The summed E-state index contributed by atoms with van der Waals surface area (Å²) in [7, 11) is 0. The summed E-state index contributed by atoms with van der Waals surface area (Å²) in [6.07, 6.45) is -2.72. The number of alkyl halides is 3.